The lowest BCUT2D eigenvalue weighted by atomic mass is 10.0. The molecule has 0 spiro atoms. The van der Waals surface area contributed by atoms with Crippen LogP contribution in [-0.4, -0.2) is 45.7 Å². The van der Waals surface area contributed by atoms with Crippen molar-refractivity contribution in [3.63, 3.8) is 0 Å². The molecule has 6 nitrogen and oxygen atoms in total. The third kappa shape index (κ3) is 2.67. The summed E-state index contributed by atoms with van der Waals surface area (Å²) in [6, 6.07) is 5.00. The lowest BCUT2D eigenvalue weighted by Gasteiger charge is -2.29. The number of anilines is 1. The van der Waals surface area contributed by atoms with Crippen LogP contribution in [0.5, 0.6) is 0 Å². The van der Waals surface area contributed by atoms with E-state index in [9.17, 15) is 0 Å². The summed E-state index contributed by atoms with van der Waals surface area (Å²) < 4.78 is 0. The van der Waals surface area contributed by atoms with Gasteiger partial charge in [0, 0.05) is 6.20 Å². The summed E-state index contributed by atoms with van der Waals surface area (Å²) in [6.07, 6.45) is 1.36. The third-order valence-corrected chi connectivity index (χ3v) is 2.19. The van der Waals surface area contributed by atoms with Crippen LogP contribution in [0.25, 0.3) is 0 Å². The lowest BCUT2D eigenvalue weighted by molar-refractivity contribution is 0.0831. The second-order valence-corrected chi connectivity index (χ2v) is 3.42. The molecule has 0 aliphatic heterocycles. The summed E-state index contributed by atoms with van der Waals surface area (Å²) in [5.41, 5.74) is -0.797. The monoisotopic (exact) mass is 223 g/mol. The third-order valence-electron chi connectivity index (χ3n) is 2.19. The molecule has 0 saturated carbocycles. The Morgan fingerprint density at radius 2 is 1.88 bits per heavy atom. The standard InChI is InChI=1S/C10H13N3O3/c11-3-8-1-2-9(12-4-8)13-10(5-14,6-15)7-16/h1-2,4,14-16H,5-7H2,(H,12,13). The van der Waals surface area contributed by atoms with Crippen LogP contribution in [0.15, 0.2) is 18.3 Å². The van der Waals surface area contributed by atoms with Crippen LogP contribution in [0, 0.1) is 11.3 Å². The fourth-order valence-corrected chi connectivity index (χ4v) is 1.07. The first-order chi connectivity index (χ1) is 7.69. The number of nitrogens with one attached hydrogen (secondary N) is 1. The minimum atomic E-state index is -1.21. The normalized spacial score (nSPS) is 10.9. The van der Waals surface area contributed by atoms with Crippen LogP contribution < -0.4 is 5.32 Å². The molecule has 86 valence electrons. The van der Waals surface area contributed by atoms with Crippen molar-refractivity contribution in [3.8, 4) is 6.07 Å². The van der Waals surface area contributed by atoms with E-state index in [1.165, 1.54) is 12.3 Å². The summed E-state index contributed by atoms with van der Waals surface area (Å²) in [6.45, 7) is -1.29. The summed E-state index contributed by atoms with van der Waals surface area (Å²) in [4.78, 5) is 3.91. The molecule has 0 atom stereocenters. The molecule has 1 rings (SSSR count). The average Bonchev–Trinajstić information content (AvgIpc) is 2.37. The minimum Gasteiger partial charge on any atom is -0.394 e. The van der Waals surface area contributed by atoms with Gasteiger partial charge in [0.1, 0.15) is 17.4 Å². The largest absolute Gasteiger partial charge is 0.394 e. The van der Waals surface area contributed by atoms with Crippen molar-refractivity contribution >= 4 is 5.82 Å². The average molecular weight is 223 g/mol. The first-order valence-corrected chi connectivity index (χ1v) is 4.66. The van der Waals surface area contributed by atoms with E-state index in [1.54, 1.807) is 6.07 Å². The molecule has 16 heavy (non-hydrogen) atoms. The molecule has 0 aromatic carbocycles. The number of hydrogen-bond donors (Lipinski definition) is 4. The van der Waals surface area contributed by atoms with Crippen molar-refractivity contribution in [1.82, 2.24) is 4.98 Å². The van der Waals surface area contributed by atoms with Gasteiger partial charge in [-0.05, 0) is 12.1 Å². The first-order valence-electron chi connectivity index (χ1n) is 4.66. The van der Waals surface area contributed by atoms with Gasteiger partial charge in [0.25, 0.3) is 0 Å². The molecule has 0 fully saturated rings. The topological polar surface area (TPSA) is 109 Å². The number of hydrogen-bond acceptors (Lipinski definition) is 6. The highest BCUT2D eigenvalue weighted by Crippen LogP contribution is 2.12. The predicted octanol–water partition coefficient (Wildman–Crippen LogP) is -0.919. The molecule has 0 saturated heterocycles. The number of aromatic nitrogens is 1. The number of aliphatic hydroxyl groups excluding tert-OH is 3. The van der Waals surface area contributed by atoms with Crippen molar-refractivity contribution in [2.24, 2.45) is 0 Å². The summed E-state index contributed by atoms with van der Waals surface area (Å²) in [5, 5.41) is 38.5. The van der Waals surface area contributed by atoms with E-state index < -0.39 is 25.4 Å². The first kappa shape index (κ1) is 12.4. The van der Waals surface area contributed by atoms with Gasteiger partial charge in [0.05, 0.1) is 25.4 Å². The van der Waals surface area contributed by atoms with E-state index >= 15 is 0 Å². The van der Waals surface area contributed by atoms with E-state index in [0.29, 0.717) is 11.4 Å². The zero-order chi connectivity index (χ0) is 12.0. The van der Waals surface area contributed by atoms with Crippen molar-refractivity contribution in [2.45, 2.75) is 5.54 Å². The number of rotatable bonds is 5. The maximum atomic E-state index is 9.08. The van der Waals surface area contributed by atoms with Crippen molar-refractivity contribution < 1.29 is 15.3 Å². The fourth-order valence-electron chi connectivity index (χ4n) is 1.07. The minimum absolute atomic E-state index is 0.371. The lowest BCUT2D eigenvalue weighted by Crippen LogP contribution is -2.49. The molecule has 0 amide bonds. The van der Waals surface area contributed by atoms with E-state index in [1.807, 2.05) is 6.07 Å². The number of pyridine rings is 1. The van der Waals surface area contributed by atoms with Crippen molar-refractivity contribution in [3.05, 3.63) is 23.9 Å². The van der Waals surface area contributed by atoms with Gasteiger partial charge in [-0.25, -0.2) is 4.98 Å². The van der Waals surface area contributed by atoms with Crippen LogP contribution in [0.1, 0.15) is 5.56 Å². The molecule has 4 N–H and O–H groups in total. The van der Waals surface area contributed by atoms with Gasteiger partial charge in [-0.2, -0.15) is 5.26 Å². The Balaban J connectivity index is 2.82. The van der Waals surface area contributed by atoms with Crippen LogP contribution in [0.4, 0.5) is 5.82 Å². The molecule has 1 aromatic rings. The second kappa shape index (κ2) is 5.42. The van der Waals surface area contributed by atoms with Crippen molar-refractivity contribution in [2.75, 3.05) is 25.1 Å². The molecular weight excluding hydrogens is 210 g/mol. The van der Waals surface area contributed by atoms with Gasteiger partial charge < -0.3 is 20.6 Å². The van der Waals surface area contributed by atoms with E-state index in [-0.39, 0.29) is 0 Å². The number of aliphatic hydroxyl groups is 3. The Morgan fingerprint density at radius 3 is 2.25 bits per heavy atom. The highest BCUT2D eigenvalue weighted by atomic mass is 16.3. The van der Waals surface area contributed by atoms with Gasteiger partial charge in [0.15, 0.2) is 0 Å². The molecule has 0 aliphatic rings. The quantitative estimate of drug-likeness (QED) is 0.514. The maximum absolute atomic E-state index is 9.08. The number of nitrogens with zero attached hydrogens (tertiary/aromatic N) is 2. The number of nitriles is 1. The van der Waals surface area contributed by atoms with E-state index in [4.69, 9.17) is 20.6 Å². The molecule has 0 bridgehead atoms. The van der Waals surface area contributed by atoms with Gasteiger partial charge in [0.2, 0.25) is 0 Å². The highest BCUT2D eigenvalue weighted by molar-refractivity contribution is 5.41. The Bertz CT molecular complexity index is 360. The summed E-state index contributed by atoms with van der Waals surface area (Å²) >= 11 is 0. The van der Waals surface area contributed by atoms with Crippen LogP contribution in [0.2, 0.25) is 0 Å². The van der Waals surface area contributed by atoms with Gasteiger partial charge in [-0.15, -0.1) is 0 Å². The maximum Gasteiger partial charge on any atom is 0.126 e. The Kier molecular flexibility index (Phi) is 4.19. The zero-order valence-corrected chi connectivity index (χ0v) is 8.59. The summed E-state index contributed by atoms with van der Waals surface area (Å²) in [5.74, 6) is 0.371. The van der Waals surface area contributed by atoms with Gasteiger partial charge >= 0.3 is 0 Å². The SMILES string of the molecule is N#Cc1ccc(NC(CO)(CO)CO)nc1. The van der Waals surface area contributed by atoms with Crippen LogP contribution in [0.3, 0.4) is 0 Å². The molecular formula is C10H13N3O3. The predicted molar refractivity (Wildman–Crippen MR) is 56.6 cm³/mol. The van der Waals surface area contributed by atoms with Crippen molar-refractivity contribution in [1.29, 1.82) is 5.26 Å². The molecule has 0 unspecified atom stereocenters. The van der Waals surface area contributed by atoms with E-state index in [0.717, 1.165) is 0 Å². The highest BCUT2D eigenvalue weighted by Gasteiger charge is 2.27. The Morgan fingerprint density at radius 1 is 1.25 bits per heavy atom. The molecule has 6 heteroatoms. The Labute approximate surface area is 92.8 Å². The molecule has 1 aromatic heterocycles. The van der Waals surface area contributed by atoms with Crippen LogP contribution >= 0.6 is 0 Å². The fraction of sp³-hybridized carbons (Fsp3) is 0.400. The summed E-state index contributed by atoms with van der Waals surface area (Å²) in [7, 11) is 0. The van der Waals surface area contributed by atoms with Crippen LogP contribution in [-0.2, 0) is 0 Å². The molecule has 1 heterocycles. The Hall–Kier alpha value is -1.68. The molecule has 0 aliphatic carbocycles. The van der Waals surface area contributed by atoms with Gasteiger partial charge in [-0.3, -0.25) is 0 Å². The smallest absolute Gasteiger partial charge is 0.126 e. The second-order valence-electron chi connectivity index (χ2n) is 3.42. The zero-order valence-electron chi connectivity index (χ0n) is 8.59. The van der Waals surface area contributed by atoms with Gasteiger partial charge in [-0.1, -0.05) is 0 Å². The molecule has 0 radical (unpaired) electrons. The van der Waals surface area contributed by atoms with E-state index in [2.05, 4.69) is 10.3 Å².